The normalized spacial score (nSPS) is 19.2. The number of carbonyl (C=O) groups is 1. The summed E-state index contributed by atoms with van der Waals surface area (Å²) in [4.78, 5) is 25.5. The Morgan fingerprint density at radius 1 is 1.02 bits per heavy atom. The van der Waals surface area contributed by atoms with Gasteiger partial charge in [0, 0.05) is 47.2 Å². The lowest BCUT2D eigenvalue weighted by Crippen LogP contribution is -2.35. The van der Waals surface area contributed by atoms with Crippen LogP contribution in [0.2, 0.25) is 0 Å². The zero-order valence-corrected chi connectivity index (χ0v) is 29.1. The molecule has 0 bridgehead atoms. The number of likely N-dealkylation sites (tertiary alicyclic amines) is 1. The molecule has 6 heterocycles. The summed E-state index contributed by atoms with van der Waals surface area (Å²) < 4.78 is 36.4. The summed E-state index contributed by atoms with van der Waals surface area (Å²) in [5.41, 5.74) is 4.96. The minimum atomic E-state index is -0.311. The average molecular weight is 681 g/mol. The third-order valence-electron chi connectivity index (χ3n) is 10.2. The maximum absolute atomic E-state index is 15.0. The number of hydrogen-bond donors (Lipinski definition) is 0. The van der Waals surface area contributed by atoms with Crippen molar-refractivity contribution in [3.8, 4) is 5.88 Å². The monoisotopic (exact) mass is 680 g/mol. The van der Waals surface area contributed by atoms with Crippen LogP contribution < -0.4 is 4.74 Å². The van der Waals surface area contributed by atoms with Crippen LogP contribution in [0, 0.1) is 11.2 Å². The lowest BCUT2D eigenvalue weighted by atomic mass is 9.88. The standard InChI is InChI=1S/C39H45FN6O4/c1-39(2,3)18-36(47)26-7-8-33-35(16-26)45(20-30-11-14-49-30)37(42-33)21-44-12-9-25(10-13-44)32-5-4-6-38(43-32)50-22-28-17-34-27(15-31(28)40)19-41-46(34)29-23-48-24-29/h4-8,15-17,19,25,29-30H,9-14,18,20-24H2,1-3H3. The van der Waals surface area contributed by atoms with Crippen LogP contribution in [0.5, 0.6) is 5.88 Å². The largest absolute Gasteiger partial charge is 0.473 e. The van der Waals surface area contributed by atoms with Gasteiger partial charge in [0.15, 0.2) is 5.78 Å². The molecule has 50 heavy (non-hydrogen) atoms. The number of halogens is 1. The predicted octanol–water partition coefficient (Wildman–Crippen LogP) is 6.86. The van der Waals surface area contributed by atoms with Crippen molar-refractivity contribution in [3.05, 3.63) is 83.2 Å². The molecule has 3 aromatic heterocycles. The lowest BCUT2D eigenvalue weighted by Gasteiger charge is -2.32. The topological polar surface area (TPSA) is 96.5 Å². The molecule has 5 aromatic rings. The SMILES string of the molecule is CC(C)(C)CC(=O)c1ccc2nc(CN3CCC(c4cccc(OCc5cc6c(cnn6C6COC6)cc5F)n4)CC3)n(CC3CCO3)c2c1. The number of piperidine rings is 1. The number of benzene rings is 2. The summed E-state index contributed by atoms with van der Waals surface area (Å²) in [5.74, 6) is 1.67. The van der Waals surface area contributed by atoms with Crippen LogP contribution in [0.4, 0.5) is 4.39 Å². The number of imidazole rings is 1. The van der Waals surface area contributed by atoms with E-state index in [1.165, 1.54) is 6.07 Å². The first kappa shape index (κ1) is 33.0. The van der Waals surface area contributed by atoms with Gasteiger partial charge < -0.3 is 18.8 Å². The van der Waals surface area contributed by atoms with E-state index in [1.807, 2.05) is 41.1 Å². The van der Waals surface area contributed by atoms with Gasteiger partial charge in [-0.2, -0.15) is 5.10 Å². The molecule has 0 saturated carbocycles. The number of rotatable bonds is 11. The summed E-state index contributed by atoms with van der Waals surface area (Å²) in [6, 6.07) is 15.4. The van der Waals surface area contributed by atoms with Crippen molar-refractivity contribution in [2.75, 3.05) is 32.9 Å². The van der Waals surface area contributed by atoms with Gasteiger partial charge in [0.2, 0.25) is 5.88 Å². The summed E-state index contributed by atoms with van der Waals surface area (Å²) in [7, 11) is 0. The molecule has 3 fully saturated rings. The quantitative estimate of drug-likeness (QED) is 0.140. The van der Waals surface area contributed by atoms with Gasteiger partial charge in [-0.3, -0.25) is 14.4 Å². The molecule has 3 saturated heterocycles. The lowest BCUT2D eigenvalue weighted by molar-refractivity contribution is -0.0592. The first-order valence-corrected chi connectivity index (χ1v) is 17.9. The van der Waals surface area contributed by atoms with Crippen LogP contribution >= 0.6 is 0 Å². The maximum atomic E-state index is 15.0. The average Bonchev–Trinajstić information content (AvgIpc) is 3.60. The van der Waals surface area contributed by atoms with Crippen LogP contribution in [0.25, 0.3) is 21.9 Å². The smallest absolute Gasteiger partial charge is 0.213 e. The van der Waals surface area contributed by atoms with Crippen molar-refractivity contribution >= 4 is 27.7 Å². The van der Waals surface area contributed by atoms with Crippen LogP contribution in [-0.4, -0.2) is 74.0 Å². The van der Waals surface area contributed by atoms with Gasteiger partial charge in [0.05, 0.1) is 61.2 Å². The number of pyridine rings is 1. The van der Waals surface area contributed by atoms with Crippen molar-refractivity contribution in [3.63, 3.8) is 0 Å². The van der Waals surface area contributed by atoms with E-state index in [4.69, 9.17) is 24.2 Å². The van der Waals surface area contributed by atoms with Crippen molar-refractivity contribution in [1.29, 1.82) is 0 Å². The molecule has 1 atom stereocenters. The van der Waals surface area contributed by atoms with Crippen molar-refractivity contribution in [2.45, 2.75) is 84.2 Å². The second-order valence-corrected chi connectivity index (χ2v) is 15.3. The Morgan fingerprint density at radius 2 is 1.84 bits per heavy atom. The van der Waals surface area contributed by atoms with E-state index < -0.39 is 0 Å². The number of fused-ring (bicyclic) bond motifs is 2. The number of hydrogen-bond acceptors (Lipinski definition) is 8. The maximum Gasteiger partial charge on any atom is 0.213 e. The number of nitrogens with zero attached hydrogens (tertiary/aromatic N) is 6. The predicted molar refractivity (Wildman–Crippen MR) is 188 cm³/mol. The second-order valence-electron chi connectivity index (χ2n) is 15.3. The molecule has 10 nitrogen and oxygen atoms in total. The molecule has 0 aliphatic carbocycles. The van der Waals surface area contributed by atoms with Gasteiger partial charge >= 0.3 is 0 Å². The fraction of sp³-hybridized carbons (Fsp3) is 0.487. The number of aromatic nitrogens is 5. The minimum absolute atomic E-state index is 0.0702. The fourth-order valence-electron chi connectivity index (χ4n) is 7.24. The molecule has 0 radical (unpaired) electrons. The number of Topliss-reactive ketones (excluding diaryl/α,β-unsaturated/α-hetero) is 1. The second kappa shape index (κ2) is 13.5. The Labute approximate surface area is 291 Å². The first-order valence-electron chi connectivity index (χ1n) is 17.9. The number of ketones is 1. The van der Waals surface area contributed by atoms with E-state index in [9.17, 15) is 9.18 Å². The summed E-state index contributed by atoms with van der Waals surface area (Å²) >= 11 is 0. The Kier molecular flexibility index (Phi) is 8.91. The number of carbonyl (C=O) groups excluding carboxylic acids is 1. The highest BCUT2D eigenvalue weighted by Gasteiger charge is 2.27. The third-order valence-corrected chi connectivity index (χ3v) is 10.2. The zero-order chi connectivity index (χ0) is 34.4. The van der Waals surface area contributed by atoms with Gasteiger partial charge in [-0.05, 0) is 74.2 Å². The van der Waals surface area contributed by atoms with Crippen LogP contribution in [-0.2, 0) is 29.2 Å². The van der Waals surface area contributed by atoms with Crippen molar-refractivity contribution in [2.24, 2.45) is 5.41 Å². The van der Waals surface area contributed by atoms with Crippen molar-refractivity contribution in [1.82, 2.24) is 29.2 Å². The van der Waals surface area contributed by atoms with Crippen LogP contribution in [0.3, 0.4) is 0 Å². The van der Waals surface area contributed by atoms with Gasteiger partial charge in [-0.25, -0.2) is 14.4 Å². The molecule has 11 heteroatoms. The van der Waals surface area contributed by atoms with Crippen LogP contribution in [0.1, 0.15) is 85.9 Å². The van der Waals surface area contributed by atoms with Gasteiger partial charge in [0.25, 0.3) is 0 Å². The minimum Gasteiger partial charge on any atom is -0.473 e. The first-order chi connectivity index (χ1) is 24.2. The molecular weight excluding hydrogens is 635 g/mol. The molecule has 2 aromatic carbocycles. The Balaban J connectivity index is 0.922. The molecule has 0 amide bonds. The van der Waals surface area contributed by atoms with Gasteiger partial charge in [-0.1, -0.05) is 26.8 Å². The molecule has 0 N–H and O–H groups in total. The highest BCUT2D eigenvalue weighted by atomic mass is 19.1. The Bertz CT molecular complexity index is 2020. The molecular formula is C39H45FN6O4. The van der Waals surface area contributed by atoms with E-state index in [2.05, 4.69) is 41.4 Å². The molecule has 3 aliphatic heterocycles. The summed E-state index contributed by atoms with van der Waals surface area (Å²) in [5, 5.41) is 5.22. The molecule has 8 rings (SSSR count). The van der Waals surface area contributed by atoms with E-state index >= 15 is 0 Å². The summed E-state index contributed by atoms with van der Waals surface area (Å²) in [6.45, 7) is 11.7. The van der Waals surface area contributed by atoms with E-state index in [0.29, 0.717) is 37.0 Å². The Hall–Kier alpha value is -4.19. The molecule has 262 valence electrons. The zero-order valence-electron chi connectivity index (χ0n) is 29.1. The molecule has 1 unspecified atom stereocenters. The van der Waals surface area contributed by atoms with E-state index in [0.717, 1.165) is 91.1 Å². The van der Waals surface area contributed by atoms with Crippen LogP contribution in [0.15, 0.2) is 54.7 Å². The summed E-state index contributed by atoms with van der Waals surface area (Å²) in [6.07, 6.45) is 5.35. The van der Waals surface area contributed by atoms with Gasteiger partial charge in [-0.15, -0.1) is 0 Å². The fourth-order valence-corrected chi connectivity index (χ4v) is 7.24. The number of ether oxygens (including phenoxy) is 3. The Morgan fingerprint density at radius 3 is 2.56 bits per heavy atom. The van der Waals surface area contributed by atoms with E-state index in [-0.39, 0.29) is 35.8 Å². The van der Waals surface area contributed by atoms with Gasteiger partial charge in [0.1, 0.15) is 18.2 Å². The highest BCUT2D eigenvalue weighted by molar-refractivity contribution is 5.99. The van der Waals surface area contributed by atoms with Crippen molar-refractivity contribution < 1.29 is 23.4 Å². The molecule has 3 aliphatic rings. The third kappa shape index (κ3) is 6.91. The molecule has 0 spiro atoms. The van der Waals surface area contributed by atoms with E-state index in [1.54, 1.807) is 6.20 Å². The highest BCUT2D eigenvalue weighted by Crippen LogP contribution is 2.31.